The molecule has 1 aromatic carbocycles. The summed E-state index contributed by atoms with van der Waals surface area (Å²) in [6, 6.07) is 4.26. The van der Waals surface area contributed by atoms with Crippen LogP contribution in [-0.4, -0.2) is 6.61 Å². The summed E-state index contributed by atoms with van der Waals surface area (Å²) in [7, 11) is 0. The van der Waals surface area contributed by atoms with Gasteiger partial charge in [0.25, 0.3) is 0 Å². The molecule has 0 amide bonds. The van der Waals surface area contributed by atoms with Crippen molar-refractivity contribution in [1.82, 2.24) is 0 Å². The van der Waals surface area contributed by atoms with E-state index in [2.05, 4.69) is 4.74 Å². The smallest absolute Gasteiger partial charge is 0.387 e. The van der Waals surface area contributed by atoms with Gasteiger partial charge in [-0.15, -0.1) is 0 Å². The van der Waals surface area contributed by atoms with Crippen LogP contribution >= 0.6 is 23.2 Å². The van der Waals surface area contributed by atoms with Gasteiger partial charge >= 0.3 is 6.61 Å². The normalized spacial score (nSPS) is 10.0. The average molecular weight is 238 g/mol. The Bertz CT molecular complexity index is 390. The molecule has 0 radical (unpaired) electrons. The molecule has 0 saturated carbocycles. The van der Waals surface area contributed by atoms with E-state index in [0.717, 1.165) is 0 Å². The highest BCUT2D eigenvalue weighted by molar-refractivity contribution is 6.43. The second kappa shape index (κ2) is 4.45. The van der Waals surface area contributed by atoms with Gasteiger partial charge < -0.3 is 4.74 Å². The molecule has 0 aliphatic heterocycles. The number of hydrogen-bond donors (Lipinski definition) is 0. The minimum Gasteiger partial charge on any atom is -0.432 e. The minimum absolute atomic E-state index is 0.0568. The SMILES string of the molecule is N#Cc1ccc(Cl)c(Cl)c1OC(F)F. The van der Waals surface area contributed by atoms with Crippen LogP contribution in [0.5, 0.6) is 5.75 Å². The van der Waals surface area contributed by atoms with Crippen molar-refractivity contribution in [2.75, 3.05) is 0 Å². The highest BCUT2D eigenvalue weighted by Crippen LogP contribution is 2.35. The number of hydrogen-bond acceptors (Lipinski definition) is 2. The molecule has 0 aliphatic rings. The lowest BCUT2D eigenvalue weighted by Gasteiger charge is -2.08. The molecule has 1 aromatic rings. The molecule has 0 saturated heterocycles. The van der Waals surface area contributed by atoms with Crippen molar-refractivity contribution in [1.29, 1.82) is 5.26 Å². The fraction of sp³-hybridized carbons (Fsp3) is 0.125. The predicted molar refractivity (Wildman–Crippen MR) is 47.8 cm³/mol. The highest BCUT2D eigenvalue weighted by atomic mass is 35.5. The van der Waals surface area contributed by atoms with Gasteiger partial charge in [0, 0.05) is 0 Å². The van der Waals surface area contributed by atoms with E-state index in [1.807, 2.05) is 0 Å². The van der Waals surface area contributed by atoms with E-state index in [0.29, 0.717) is 0 Å². The van der Waals surface area contributed by atoms with E-state index in [1.54, 1.807) is 6.07 Å². The van der Waals surface area contributed by atoms with Crippen LogP contribution in [0.4, 0.5) is 8.78 Å². The number of benzene rings is 1. The van der Waals surface area contributed by atoms with Gasteiger partial charge in [0.05, 0.1) is 10.6 Å². The zero-order valence-electron chi connectivity index (χ0n) is 6.60. The topological polar surface area (TPSA) is 33.0 Å². The molecule has 0 fully saturated rings. The number of rotatable bonds is 2. The highest BCUT2D eigenvalue weighted by Gasteiger charge is 2.15. The number of halogens is 4. The van der Waals surface area contributed by atoms with Crippen LogP contribution < -0.4 is 4.74 Å². The summed E-state index contributed by atoms with van der Waals surface area (Å²) in [5, 5.41) is 8.44. The van der Waals surface area contributed by atoms with Crippen molar-refractivity contribution < 1.29 is 13.5 Å². The number of ether oxygens (including phenoxy) is 1. The summed E-state index contributed by atoms with van der Waals surface area (Å²) in [4.78, 5) is 0. The largest absolute Gasteiger partial charge is 0.432 e. The Hall–Kier alpha value is -1.05. The van der Waals surface area contributed by atoms with Crippen LogP contribution in [0.2, 0.25) is 10.0 Å². The molecule has 0 bridgehead atoms. The Morgan fingerprint density at radius 1 is 1.36 bits per heavy atom. The summed E-state index contributed by atoms with van der Waals surface area (Å²) >= 11 is 11.1. The fourth-order valence-electron chi connectivity index (χ4n) is 0.824. The first-order chi connectivity index (χ1) is 6.56. The zero-order valence-corrected chi connectivity index (χ0v) is 8.11. The fourth-order valence-corrected chi connectivity index (χ4v) is 1.18. The maximum absolute atomic E-state index is 11.9. The third kappa shape index (κ3) is 2.25. The molecule has 0 heterocycles. The molecule has 1 rings (SSSR count). The summed E-state index contributed by atoms with van der Waals surface area (Å²) in [6.45, 7) is -3.04. The third-order valence-corrected chi connectivity index (χ3v) is 2.16. The van der Waals surface area contributed by atoms with Crippen LogP contribution in [0.15, 0.2) is 12.1 Å². The number of alkyl halides is 2. The molecule has 74 valence electrons. The van der Waals surface area contributed by atoms with Crippen molar-refractivity contribution >= 4 is 23.2 Å². The van der Waals surface area contributed by atoms with E-state index < -0.39 is 12.4 Å². The van der Waals surface area contributed by atoms with Crippen molar-refractivity contribution in [3.63, 3.8) is 0 Å². The summed E-state index contributed by atoms with van der Waals surface area (Å²) in [5.41, 5.74) is -0.0836. The Kier molecular flexibility index (Phi) is 3.50. The van der Waals surface area contributed by atoms with E-state index >= 15 is 0 Å². The van der Waals surface area contributed by atoms with Gasteiger partial charge in [0.1, 0.15) is 11.1 Å². The molecule has 0 unspecified atom stereocenters. The van der Waals surface area contributed by atoms with Crippen molar-refractivity contribution in [3.8, 4) is 11.8 Å². The van der Waals surface area contributed by atoms with Gasteiger partial charge in [-0.05, 0) is 12.1 Å². The van der Waals surface area contributed by atoms with Gasteiger partial charge in [-0.1, -0.05) is 23.2 Å². The van der Waals surface area contributed by atoms with Crippen LogP contribution in [0, 0.1) is 11.3 Å². The van der Waals surface area contributed by atoms with E-state index in [9.17, 15) is 8.78 Å². The van der Waals surface area contributed by atoms with Gasteiger partial charge in [0.15, 0.2) is 5.75 Å². The molecule has 6 heteroatoms. The third-order valence-electron chi connectivity index (χ3n) is 1.38. The molecule has 0 atom stereocenters. The lowest BCUT2D eigenvalue weighted by atomic mass is 10.2. The lowest BCUT2D eigenvalue weighted by Crippen LogP contribution is -2.04. The first-order valence-corrected chi connectivity index (χ1v) is 4.14. The second-order valence-corrected chi connectivity index (χ2v) is 3.01. The van der Waals surface area contributed by atoms with E-state index in [4.69, 9.17) is 28.5 Å². The molecular weight excluding hydrogens is 235 g/mol. The second-order valence-electron chi connectivity index (χ2n) is 2.23. The zero-order chi connectivity index (χ0) is 10.7. The van der Waals surface area contributed by atoms with Crippen LogP contribution in [0.1, 0.15) is 5.56 Å². The Labute approximate surface area is 88.6 Å². The molecule has 0 aromatic heterocycles. The maximum Gasteiger partial charge on any atom is 0.387 e. The maximum atomic E-state index is 11.9. The van der Waals surface area contributed by atoms with Crippen LogP contribution in [-0.2, 0) is 0 Å². The molecule has 2 nitrogen and oxygen atoms in total. The summed E-state index contributed by atoms with van der Waals surface area (Å²) in [6.07, 6.45) is 0. The number of nitrogens with zero attached hydrogens (tertiary/aromatic N) is 1. The van der Waals surface area contributed by atoms with Gasteiger partial charge in [0.2, 0.25) is 0 Å². The van der Waals surface area contributed by atoms with Crippen LogP contribution in [0.3, 0.4) is 0 Å². The molecule has 14 heavy (non-hydrogen) atoms. The van der Waals surface area contributed by atoms with Gasteiger partial charge in [-0.2, -0.15) is 14.0 Å². The summed E-state index contributed by atoms with van der Waals surface area (Å²) < 4.78 is 27.9. The number of nitriles is 1. The first kappa shape index (κ1) is 11.0. The molecular formula is C8H3Cl2F2NO. The standard InChI is InChI=1S/C8H3Cl2F2NO/c9-5-2-1-4(3-13)7(6(5)10)14-8(11)12/h1-2,8H. The van der Waals surface area contributed by atoms with E-state index in [-0.39, 0.29) is 15.6 Å². The monoisotopic (exact) mass is 237 g/mol. The van der Waals surface area contributed by atoms with Crippen molar-refractivity contribution in [2.24, 2.45) is 0 Å². The predicted octanol–water partition coefficient (Wildman–Crippen LogP) is 3.47. The molecule has 0 aliphatic carbocycles. The minimum atomic E-state index is -3.04. The van der Waals surface area contributed by atoms with Crippen molar-refractivity contribution in [3.05, 3.63) is 27.7 Å². The van der Waals surface area contributed by atoms with Gasteiger partial charge in [-0.3, -0.25) is 0 Å². The molecule has 0 spiro atoms. The lowest BCUT2D eigenvalue weighted by molar-refractivity contribution is -0.0499. The van der Waals surface area contributed by atoms with Crippen molar-refractivity contribution in [2.45, 2.75) is 6.61 Å². The Morgan fingerprint density at radius 2 is 2.00 bits per heavy atom. The quantitative estimate of drug-likeness (QED) is 0.790. The molecule has 0 N–H and O–H groups in total. The Balaban J connectivity index is 3.23. The van der Waals surface area contributed by atoms with Crippen LogP contribution in [0.25, 0.3) is 0 Å². The first-order valence-electron chi connectivity index (χ1n) is 3.39. The van der Waals surface area contributed by atoms with Gasteiger partial charge in [-0.25, -0.2) is 0 Å². The Morgan fingerprint density at radius 3 is 2.50 bits per heavy atom. The summed E-state index contributed by atoms with van der Waals surface area (Å²) in [5.74, 6) is -0.392. The average Bonchev–Trinajstić information content (AvgIpc) is 2.13. The van der Waals surface area contributed by atoms with E-state index in [1.165, 1.54) is 12.1 Å².